The Morgan fingerprint density at radius 1 is 0.812 bits per heavy atom. The van der Waals surface area contributed by atoms with E-state index < -0.39 is 36.2 Å². The van der Waals surface area contributed by atoms with E-state index in [1.54, 1.807) is 14.2 Å². The minimum atomic E-state index is -2.24. The molecule has 0 aliphatic carbocycles. The third-order valence-corrected chi connectivity index (χ3v) is 12.8. The van der Waals surface area contributed by atoms with E-state index in [9.17, 15) is 0 Å². The van der Waals surface area contributed by atoms with Crippen LogP contribution in [0.3, 0.4) is 0 Å². The predicted octanol–water partition coefficient (Wildman–Crippen LogP) is 0.733. The summed E-state index contributed by atoms with van der Waals surface area (Å²) in [5.74, 6) is 0. The topological polar surface area (TPSA) is 55.4 Å². The maximum Gasteiger partial charge on any atom is 0.559 e. The van der Waals surface area contributed by atoms with Crippen LogP contribution in [-0.2, 0) is 25.3 Å². The molecule has 94 valence electrons. The standard InChI is InChI=1S/C6H18O6Si4/c1-7-13-9-14(8-2)11-16(5,6)12-15(3,4)10-13/h1-6H3. The fourth-order valence-corrected chi connectivity index (χ4v) is 13.3. The number of hydrogen-bond donors (Lipinski definition) is 0. The zero-order valence-electron chi connectivity index (χ0n) is 10.4. The molecule has 0 spiro atoms. The summed E-state index contributed by atoms with van der Waals surface area (Å²) < 4.78 is 33.4. The summed E-state index contributed by atoms with van der Waals surface area (Å²) in [4.78, 5) is 0. The Labute approximate surface area is 102 Å². The van der Waals surface area contributed by atoms with Crippen molar-refractivity contribution >= 4 is 36.2 Å². The first kappa shape index (κ1) is 14.7. The van der Waals surface area contributed by atoms with E-state index in [-0.39, 0.29) is 0 Å². The van der Waals surface area contributed by atoms with Gasteiger partial charge in [-0.3, -0.25) is 0 Å². The summed E-state index contributed by atoms with van der Waals surface area (Å²) >= 11 is 0. The molecular formula is C6H18O6Si4. The fourth-order valence-electron chi connectivity index (χ4n) is 1.31. The summed E-state index contributed by atoms with van der Waals surface area (Å²) in [6.07, 6.45) is 0. The first-order valence-corrected chi connectivity index (χ1v) is 12.9. The molecule has 1 rings (SSSR count). The van der Waals surface area contributed by atoms with Crippen molar-refractivity contribution in [2.45, 2.75) is 26.2 Å². The molecule has 1 saturated heterocycles. The molecule has 0 saturated carbocycles. The van der Waals surface area contributed by atoms with E-state index in [0.717, 1.165) is 0 Å². The van der Waals surface area contributed by atoms with Gasteiger partial charge in [-0.25, -0.2) is 0 Å². The zero-order chi connectivity index (χ0) is 12.4. The first-order chi connectivity index (χ1) is 7.28. The summed E-state index contributed by atoms with van der Waals surface area (Å²) in [6, 6.07) is 0. The van der Waals surface area contributed by atoms with Crippen molar-refractivity contribution in [3.8, 4) is 0 Å². The monoisotopic (exact) mass is 298 g/mol. The highest BCUT2D eigenvalue weighted by Crippen LogP contribution is 2.22. The first-order valence-electron chi connectivity index (χ1n) is 4.86. The molecular weight excluding hydrogens is 280 g/mol. The van der Waals surface area contributed by atoms with Gasteiger partial charge in [0.2, 0.25) is 0 Å². The Morgan fingerprint density at radius 2 is 1.19 bits per heavy atom. The van der Waals surface area contributed by atoms with Gasteiger partial charge in [0.25, 0.3) is 0 Å². The average Bonchev–Trinajstić information content (AvgIpc) is 2.10. The highest BCUT2D eigenvalue weighted by atomic mass is 28.5. The molecule has 1 fully saturated rings. The Balaban J connectivity index is 2.78. The van der Waals surface area contributed by atoms with Crippen molar-refractivity contribution in [3.05, 3.63) is 0 Å². The van der Waals surface area contributed by atoms with Gasteiger partial charge in [0, 0.05) is 14.2 Å². The molecule has 0 aromatic rings. The highest BCUT2D eigenvalue weighted by molar-refractivity contribution is 6.84. The molecule has 0 amide bonds. The molecule has 16 heavy (non-hydrogen) atoms. The Kier molecular flexibility index (Phi) is 5.06. The number of rotatable bonds is 2. The molecule has 0 N–H and O–H groups in total. The lowest BCUT2D eigenvalue weighted by Crippen LogP contribution is -2.58. The van der Waals surface area contributed by atoms with Crippen LogP contribution in [0.15, 0.2) is 0 Å². The van der Waals surface area contributed by atoms with Gasteiger partial charge in [-0.15, -0.1) is 0 Å². The van der Waals surface area contributed by atoms with Gasteiger partial charge in [-0.2, -0.15) is 0 Å². The maximum absolute atomic E-state index is 5.97. The molecule has 1 heterocycles. The average molecular weight is 299 g/mol. The van der Waals surface area contributed by atoms with Crippen molar-refractivity contribution in [3.63, 3.8) is 0 Å². The minimum absolute atomic E-state index is 1.55. The lowest BCUT2D eigenvalue weighted by molar-refractivity contribution is 0.141. The van der Waals surface area contributed by atoms with Gasteiger partial charge in [-0.05, 0) is 26.2 Å². The molecule has 10 heteroatoms. The van der Waals surface area contributed by atoms with Crippen LogP contribution >= 0.6 is 0 Å². The van der Waals surface area contributed by atoms with Crippen LogP contribution in [0.2, 0.25) is 26.2 Å². The van der Waals surface area contributed by atoms with E-state index in [1.165, 1.54) is 0 Å². The second-order valence-corrected chi connectivity index (χ2v) is 14.8. The summed E-state index contributed by atoms with van der Waals surface area (Å²) in [7, 11) is -4.99. The van der Waals surface area contributed by atoms with Crippen molar-refractivity contribution < 1.29 is 25.3 Å². The Morgan fingerprint density at radius 3 is 1.50 bits per heavy atom. The van der Waals surface area contributed by atoms with E-state index in [2.05, 4.69) is 0 Å². The molecule has 0 aromatic carbocycles. The van der Waals surface area contributed by atoms with Gasteiger partial charge in [0.15, 0.2) is 0 Å². The minimum Gasteiger partial charge on any atom is -0.416 e. The summed E-state index contributed by atoms with van der Waals surface area (Å²) in [5, 5.41) is 0. The van der Waals surface area contributed by atoms with E-state index in [4.69, 9.17) is 25.3 Å². The molecule has 1 aliphatic rings. The van der Waals surface area contributed by atoms with Gasteiger partial charge >= 0.3 is 36.2 Å². The number of hydrogen-bond acceptors (Lipinski definition) is 6. The molecule has 0 bridgehead atoms. The van der Waals surface area contributed by atoms with Crippen LogP contribution in [-0.4, -0.2) is 50.4 Å². The quantitative estimate of drug-likeness (QED) is 0.701. The molecule has 0 aromatic heterocycles. The molecule has 6 nitrogen and oxygen atoms in total. The van der Waals surface area contributed by atoms with Crippen molar-refractivity contribution in [2.24, 2.45) is 0 Å². The second kappa shape index (κ2) is 5.51. The molecule has 0 atom stereocenters. The van der Waals surface area contributed by atoms with Gasteiger partial charge in [0.05, 0.1) is 0 Å². The smallest absolute Gasteiger partial charge is 0.416 e. The fraction of sp³-hybridized carbons (Fsp3) is 1.00. The van der Waals surface area contributed by atoms with Crippen molar-refractivity contribution in [1.29, 1.82) is 0 Å². The Bertz CT molecular complexity index is 215. The SMILES string of the molecule is CO[Si]1O[Si](OC)O[Si](C)(C)O[Si](C)(C)O1. The predicted molar refractivity (Wildman–Crippen MR) is 64.8 cm³/mol. The third kappa shape index (κ3) is 4.48. The summed E-state index contributed by atoms with van der Waals surface area (Å²) in [5.41, 5.74) is 0. The lowest BCUT2D eigenvalue weighted by atomic mass is 11.8. The third-order valence-electron chi connectivity index (χ3n) is 1.65. The lowest BCUT2D eigenvalue weighted by Gasteiger charge is -2.37. The molecule has 1 aliphatic heterocycles. The van der Waals surface area contributed by atoms with Crippen LogP contribution < -0.4 is 0 Å². The summed E-state index contributed by atoms with van der Waals surface area (Å²) in [6.45, 7) is 7.84. The maximum atomic E-state index is 5.97. The second-order valence-electron chi connectivity index (χ2n) is 4.12. The van der Waals surface area contributed by atoms with Crippen molar-refractivity contribution in [1.82, 2.24) is 0 Å². The van der Waals surface area contributed by atoms with Crippen LogP contribution in [0.4, 0.5) is 0 Å². The van der Waals surface area contributed by atoms with Gasteiger partial charge in [-0.1, -0.05) is 0 Å². The van der Waals surface area contributed by atoms with Crippen LogP contribution in [0.5, 0.6) is 0 Å². The molecule has 0 unspecified atom stereocenters. The van der Waals surface area contributed by atoms with E-state index >= 15 is 0 Å². The normalized spacial score (nSPS) is 27.4. The Hall–Kier alpha value is 0.628. The van der Waals surface area contributed by atoms with E-state index in [0.29, 0.717) is 0 Å². The van der Waals surface area contributed by atoms with E-state index in [1.807, 2.05) is 26.2 Å². The van der Waals surface area contributed by atoms with Crippen LogP contribution in [0.1, 0.15) is 0 Å². The van der Waals surface area contributed by atoms with Gasteiger partial charge < -0.3 is 25.3 Å². The van der Waals surface area contributed by atoms with Crippen LogP contribution in [0, 0.1) is 0 Å². The van der Waals surface area contributed by atoms with Crippen LogP contribution in [0.25, 0.3) is 0 Å². The largest absolute Gasteiger partial charge is 0.559 e. The van der Waals surface area contributed by atoms with Crippen molar-refractivity contribution in [2.75, 3.05) is 14.2 Å². The highest BCUT2D eigenvalue weighted by Gasteiger charge is 2.47. The molecule has 2 radical (unpaired) electrons. The zero-order valence-corrected chi connectivity index (χ0v) is 14.4. The van der Waals surface area contributed by atoms with Gasteiger partial charge in [0.1, 0.15) is 0 Å².